The maximum Gasteiger partial charge on any atom is 0.416 e. The fourth-order valence-corrected chi connectivity index (χ4v) is 3.93. The maximum absolute atomic E-state index is 12.7. The number of hydrogen-bond acceptors (Lipinski definition) is 2. The molecule has 0 spiro atoms. The van der Waals surface area contributed by atoms with Crippen molar-refractivity contribution in [3.05, 3.63) is 69.2 Å². The van der Waals surface area contributed by atoms with Crippen molar-refractivity contribution in [3.63, 3.8) is 0 Å². The van der Waals surface area contributed by atoms with Gasteiger partial charge in [-0.3, -0.25) is 0 Å². The molecule has 0 saturated heterocycles. The van der Waals surface area contributed by atoms with Gasteiger partial charge in [0, 0.05) is 0 Å². The van der Waals surface area contributed by atoms with Crippen molar-refractivity contribution in [1.29, 1.82) is 0 Å². The smallest absolute Gasteiger partial charge is 0.416 e. The predicted molar refractivity (Wildman–Crippen MR) is 125 cm³/mol. The van der Waals surface area contributed by atoms with Gasteiger partial charge in [-0.25, -0.2) is 0 Å². The third-order valence-electron chi connectivity index (χ3n) is 5.36. The lowest BCUT2D eigenvalue weighted by Gasteiger charge is -2.22. The minimum Gasteiger partial charge on any atom is -0.494 e. The van der Waals surface area contributed by atoms with Gasteiger partial charge in [0.15, 0.2) is 0 Å². The molecule has 0 radical (unpaired) electrons. The lowest BCUT2D eigenvalue weighted by Crippen LogP contribution is -2.08. The van der Waals surface area contributed by atoms with Crippen molar-refractivity contribution in [1.82, 2.24) is 0 Å². The van der Waals surface area contributed by atoms with E-state index in [4.69, 9.17) is 32.7 Å². The average molecular weight is 489 g/mol. The first-order valence-electron chi connectivity index (χ1n) is 10.7. The Morgan fingerprint density at radius 1 is 1.03 bits per heavy atom. The lowest BCUT2D eigenvalue weighted by atomic mass is 9.84. The topological polar surface area (TPSA) is 18.5 Å². The number of hydrogen-bond donors (Lipinski definition) is 0. The highest BCUT2D eigenvalue weighted by atomic mass is 35.5. The van der Waals surface area contributed by atoms with E-state index in [1.165, 1.54) is 28.8 Å². The molecule has 2 aromatic carbocycles. The molecular weight excluding hydrogens is 460 g/mol. The highest BCUT2D eigenvalue weighted by molar-refractivity contribution is 6.55. The summed E-state index contributed by atoms with van der Waals surface area (Å²) in [7, 11) is 0. The lowest BCUT2D eigenvalue weighted by molar-refractivity contribution is -0.137. The van der Waals surface area contributed by atoms with Crippen LogP contribution in [0.4, 0.5) is 13.2 Å². The number of alkyl halides is 3. The Hall–Kier alpha value is -1.85. The number of aryl methyl sites for hydroxylation is 2. The van der Waals surface area contributed by atoms with Crippen LogP contribution in [0.3, 0.4) is 0 Å². The number of halogens is 5. The summed E-state index contributed by atoms with van der Waals surface area (Å²) in [5, 5.41) is 0. The predicted octanol–water partition coefficient (Wildman–Crippen LogP) is 8.63. The second-order valence-corrected chi connectivity index (χ2v) is 8.60. The summed E-state index contributed by atoms with van der Waals surface area (Å²) in [6, 6.07) is 8.92. The molecule has 2 nitrogen and oxygen atoms in total. The number of ether oxygens (including phenoxy) is 2. The van der Waals surface area contributed by atoms with Gasteiger partial charge in [-0.1, -0.05) is 37.0 Å². The van der Waals surface area contributed by atoms with Gasteiger partial charge in [-0.05, 0) is 97.7 Å². The molecule has 0 heterocycles. The third kappa shape index (κ3) is 7.93. The molecule has 0 aromatic heterocycles. The summed E-state index contributed by atoms with van der Waals surface area (Å²) in [6.07, 6.45) is 0.867. The molecule has 0 saturated carbocycles. The molecule has 0 bridgehead atoms. The van der Waals surface area contributed by atoms with Gasteiger partial charge in [0.25, 0.3) is 0 Å². The fraction of sp³-hybridized carbons (Fsp3) is 0.440. The summed E-state index contributed by atoms with van der Waals surface area (Å²) in [5.74, 6) is 1.60. The Kier molecular flexibility index (Phi) is 10.2. The zero-order valence-corrected chi connectivity index (χ0v) is 20.1. The Bertz CT molecular complexity index is 889. The van der Waals surface area contributed by atoms with Gasteiger partial charge in [0.05, 0.1) is 12.2 Å². The molecule has 7 heteroatoms. The van der Waals surface area contributed by atoms with Gasteiger partial charge in [-0.2, -0.15) is 13.2 Å². The van der Waals surface area contributed by atoms with Crippen LogP contribution < -0.4 is 9.47 Å². The zero-order valence-electron chi connectivity index (χ0n) is 18.6. The van der Waals surface area contributed by atoms with Crippen molar-refractivity contribution in [2.24, 2.45) is 0 Å². The first-order valence-corrected chi connectivity index (χ1v) is 11.5. The highest BCUT2D eigenvalue weighted by Crippen LogP contribution is 2.34. The second kappa shape index (κ2) is 12.4. The van der Waals surface area contributed by atoms with Gasteiger partial charge in [0.2, 0.25) is 0 Å². The summed E-state index contributed by atoms with van der Waals surface area (Å²) in [5.41, 5.74) is 3.09. The first kappa shape index (κ1) is 26.4. The first-order chi connectivity index (χ1) is 15.2. The summed E-state index contributed by atoms with van der Waals surface area (Å²) < 4.78 is 49.6. The van der Waals surface area contributed by atoms with E-state index in [0.29, 0.717) is 24.9 Å². The molecule has 0 aliphatic carbocycles. The van der Waals surface area contributed by atoms with Crippen LogP contribution in [0, 0.1) is 6.92 Å². The maximum atomic E-state index is 12.7. The molecule has 0 fully saturated rings. The van der Waals surface area contributed by atoms with Crippen molar-refractivity contribution >= 4 is 23.2 Å². The minimum atomic E-state index is -4.34. The summed E-state index contributed by atoms with van der Waals surface area (Å²) in [6.45, 7) is 7.14. The largest absolute Gasteiger partial charge is 0.494 e. The third-order valence-corrected chi connectivity index (χ3v) is 5.67. The van der Waals surface area contributed by atoms with Gasteiger partial charge in [-0.15, -0.1) is 0 Å². The summed E-state index contributed by atoms with van der Waals surface area (Å²) in [4.78, 5) is 0. The fourth-order valence-electron chi connectivity index (χ4n) is 3.81. The van der Waals surface area contributed by atoms with Crippen LogP contribution in [-0.4, -0.2) is 13.2 Å². The second-order valence-electron chi connectivity index (χ2n) is 7.59. The van der Waals surface area contributed by atoms with Crippen molar-refractivity contribution < 1.29 is 22.6 Å². The molecule has 0 aliphatic rings. The molecular formula is C25H29Cl2F3O2. The van der Waals surface area contributed by atoms with Gasteiger partial charge >= 0.3 is 6.18 Å². The Balaban J connectivity index is 1.98. The van der Waals surface area contributed by atoms with Crippen LogP contribution in [0.15, 0.2) is 47.0 Å². The van der Waals surface area contributed by atoms with E-state index < -0.39 is 11.7 Å². The van der Waals surface area contributed by atoms with Gasteiger partial charge in [0.1, 0.15) is 22.6 Å². The molecule has 1 atom stereocenters. The van der Waals surface area contributed by atoms with Crippen LogP contribution in [0.5, 0.6) is 11.5 Å². The normalized spacial score (nSPS) is 12.4. The summed E-state index contributed by atoms with van der Waals surface area (Å²) >= 11 is 11.3. The molecule has 0 aliphatic heterocycles. The number of rotatable bonds is 11. The zero-order chi connectivity index (χ0) is 23.7. The van der Waals surface area contributed by atoms with E-state index >= 15 is 0 Å². The molecule has 32 heavy (non-hydrogen) atoms. The van der Waals surface area contributed by atoms with Crippen LogP contribution in [0.2, 0.25) is 0 Å². The molecule has 176 valence electrons. The van der Waals surface area contributed by atoms with Crippen LogP contribution >= 0.6 is 23.2 Å². The van der Waals surface area contributed by atoms with E-state index in [0.717, 1.165) is 43.6 Å². The van der Waals surface area contributed by atoms with Crippen LogP contribution in [-0.2, 0) is 12.6 Å². The molecule has 1 unspecified atom stereocenters. The van der Waals surface area contributed by atoms with E-state index in [1.54, 1.807) is 6.08 Å². The average Bonchev–Trinajstić information content (AvgIpc) is 2.73. The SMILES string of the molecule is CCc1cc(OCC=C(Cl)Cl)cc(C)c1C(CC)CCCOc1ccc(C(F)(F)F)cc1. The quantitative estimate of drug-likeness (QED) is 0.294. The minimum absolute atomic E-state index is 0.179. The van der Waals surface area contributed by atoms with Crippen LogP contribution in [0.1, 0.15) is 61.3 Å². The Labute approximate surface area is 198 Å². The van der Waals surface area contributed by atoms with E-state index in [-0.39, 0.29) is 4.49 Å². The van der Waals surface area contributed by atoms with Gasteiger partial charge < -0.3 is 9.47 Å². The molecule has 2 aromatic rings. The molecule has 2 rings (SSSR count). The van der Waals surface area contributed by atoms with Crippen molar-refractivity contribution in [2.75, 3.05) is 13.2 Å². The number of benzene rings is 2. The van der Waals surface area contributed by atoms with Crippen molar-refractivity contribution in [3.8, 4) is 11.5 Å². The standard InChI is InChI=1S/C25H29Cl2F3O2/c1-4-18(7-6-13-31-21-10-8-20(9-11-21)25(28,29)30)24-17(3)15-22(16-19(24)5-2)32-14-12-23(26)27/h8-12,15-16,18H,4-7,13-14H2,1-3H3. The van der Waals surface area contributed by atoms with E-state index in [1.807, 2.05) is 6.07 Å². The van der Waals surface area contributed by atoms with E-state index in [2.05, 4.69) is 26.8 Å². The van der Waals surface area contributed by atoms with Crippen molar-refractivity contribution in [2.45, 2.75) is 58.5 Å². The molecule has 0 amide bonds. The highest BCUT2D eigenvalue weighted by Gasteiger charge is 2.30. The Morgan fingerprint density at radius 3 is 2.28 bits per heavy atom. The molecule has 0 N–H and O–H groups in total. The Morgan fingerprint density at radius 2 is 1.72 bits per heavy atom. The van der Waals surface area contributed by atoms with Crippen LogP contribution in [0.25, 0.3) is 0 Å². The van der Waals surface area contributed by atoms with E-state index in [9.17, 15) is 13.2 Å². The monoisotopic (exact) mass is 488 g/mol.